The highest BCUT2D eigenvalue weighted by Gasteiger charge is 2.17. The molecule has 1 fully saturated rings. The van der Waals surface area contributed by atoms with Crippen LogP contribution in [0.1, 0.15) is 12.8 Å². The quantitative estimate of drug-likeness (QED) is 0.810. The molecule has 100 valence electrons. The van der Waals surface area contributed by atoms with Crippen molar-refractivity contribution < 1.29 is 0 Å². The summed E-state index contributed by atoms with van der Waals surface area (Å²) in [6.45, 7) is 2.32. The van der Waals surface area contributed by atoms with Gasteiger partial charge in [-0.2, -0.15) is 0 Å². The van der Waals surface area contributed by atoms with Crippen LogP contribution >= 0.6 is 0 Å². The van der Waals surface area contributed by atoms with Gasteiger partial charge in [-0.15, -0.1) is 0 Å². The fourth-order valence-electron chi connectivity index (χ4n) is 2.71. The molecule has 0 bridgehead atoms. The average molecular weight is 256 g/mol. The van der Waals surface area contributed by atoms with E-state index in [0.29, 0.717) is 6.04 Å². The Labute approximate surface area is 113 Å². The summed E-state index contributed by atoms with van der Waals surface area (Å²) in [6, 6.07) is 6.62. The Morgan fingerprint density at radius 3 is 2.79 bits per heavy atom. The molecule has 1 aliphatic rings. The standard InChI is InChI=1S/C15H20N4/c1-19-8-5-11(6-9-19)18-15-3-2-14(16)13-10-17-7-4-12(13)15/h2-4,7,10-11,18H,5-6,8-9,16H2,1H3. The maximum Gasteiger partial charge on any atom is 0.0424 e. The number of benzene rings is 1. The van der Waals surface area contributed by atoms with Crippen LogP contribution in [0.25, 0.3) is 10.8 Å². The number of hydrogen-bond acceptors (Lipinski definition) is 4. The Morgan fingerprint density at radius 1 is 1.21 bits per heavy atom. The van der Waals surface area contributed by atoms with Crippen LogP contribution in [0.4, 0.5) is 11.4 Å². The first-order valence-corrected chi connectivity index (χ1v) is 6.81. The Hall–Kier alpha value is -1.81. The van der Waals surface area contributed by atoms with E-state index < -0.39 is 0 Å². The van der Waals surface area contributed by atoms with Gasteiger partial charge >= 0.3 is 0 Å². The zero-order valence-corrected chi connectivity index (χ0v) is 11.3. The van der Waals surface area contributed by atoms with Crippen LogP contribution < -0.4 is 11.1 Å². The maximum absolute atomic E-state index is 6.00. The summed E-state index contributed by atoms with van der Waals surface area (Å²) >= 11 is 0. The molecule has 1 aromatic heterocycles. The van der Waals surface area contributed by atoms with Crippen molar-refractivity contribution in [2.24, 2.45) is 0 Å². The van der Waals surface area contributed by atoms with Gasteiger partial charge < -0.3 is 16.0 Å². The van der Waals surface area contributed by atoms with E-state index in [2.05, 4.69) is 28.3 Å². The van der Waals surface area contributed by atoms with Crippen LogP contribution in [0.15, 0.2) is 30.6 Å². The van der Waals surface area contributed by atoms with Crippen molar-refractivity contribution in [2.45, 2.75) is 18.9 Å². The molecule has 4 nitrogen and oxygen atoms in total. The Balaban J connectivity index is 1.87. The fourth-order valence-corrected chi connectivity index (χ4v) is 2.71. The summed E-state index contributed by atoms with van der Waals surface area (Å²) in [6.07, 6.45) is 6.03. The number of nitrogens with two attached hydrogens (primary N) is 1. The molecule has 19 heavy (non-hydrogen) atoms. The van der Waals surface area contributed by atoms with Crippen LogP contribution in [0.2, 0.25) is 0 Å². The summed E-state index contributed by atoms with van der Waals surface area (Å²) in [5.74, 6) is 0. The molecule has 1 aliphatic heterocycles. The van der Waals surface area contributed by atoms with Gasteiger partial charge in [0.15, 0.2) is 0 Å². The molecule has 0 unspecified atom stereocenters. The monoisotopic (exact) mass is 256 g/mol. The number of anilines is 2. The van der Waals surface area contributed by atoms with E-state index in [1.54, 1.807) is 0 Å². The fraction of sp³-hybridized carbons (Fsp3) is 0.400. The van der Waals surface area contributed by atoms with E-state index in [1.807, 2.05) is 24.5 Å². The second-order valence-electron chi connectivity index (χ2n) is 5.35. The molecule has 3 rings (SSSR count). The average Bonchev–Trinajstić information content (AvgIpc) is 2.45. The molecular formula is C15H20N4. The molecule has 0 saturated carbocycles. The van der Waals surface area contributed by atoms with Crippen molar-refractivity contribution in [3.05, 3.63) is 30.6 Å². The summed E-state index contributed by atoms with van der Waals surface area (Å²) < 4.78 is 0. The molecule has 1 aromatic carbocycles. The number of hydrogen-bond donors (Lipinski definition) is 2. The van der Waals surface area contributed by atoms with Gasteiger partial charge in [-0.3, -0.25) is 4.98 Å². The summed E-state index contributed by atoms with van der Waals surface area (Å²) in [5, 5.41) is 5.85. The van der Waals surface area contributed by atoms with Gasteiger partial charge in [0.25, 0.3) is 0 Å². The van der Waals surface area contributed by atoms with Crippen molar-refractivity contribution in [1.29, 1.82) is 0 Å². The summed E-state index contributed by atoms with van der Waals surface area (Å²) in [5.41, 5.74) is 7.96. The molecule has 3 N–H and O–H groups in total. The highest BCUT2D eigenvalue weighted by Crippen LogP contribution is 2.28. The third kappa shape index (κ3) is 2.49. The van der Waals surface area contributed by atoms with Gasteiger partial charge in [-0.05, 0) is 51.2 Å². The summed E-state index contributed by atoms with van der Waals surface area (Å²) in [7, 11) is 2.18. The third-order valence-electron chi connectivity index (χ3n) is 3.93. The second kappa shape index (κ2) is 5.05. The predicted molar refractivity (Wildman–Crippen MR) is 80.3 cm³/mol. The Bertz CT molecular complexity index is 573. The van der Waals surface area contributed by atoms with E-state index in [0.717, 1.165) is 29.5 Å². The van der Waals surface area contributed by atoms with Crippen molar-refractivity contribution in [2.75, 3.05) is 31.2 Å². The van der Waals surface area contributed by atoms with Crippen LogP contribution in [0.3, 0.4) is 0 Å². The van der Waals surface area contributed by atoms with Crippen LogP contribution in [-0.2, 0) is 0 Å². The number of nitrogens with one attached hydrogen (secondary N) is 1. The van der Waals surface area contributed by atoms with Crippen LogP contribution in [0.5, 0.6) is 0 Å². The van der Waals surface area contributed by atoms with E-state index in [9.17, 15) is 0 Å². The van der Waals surface area contributed by atoms with Gasteiger partial charge in [-0.25, -0.2) is 0 Å². The normalized spacial score (nSPS) is 17.7. The lowest BCUT2D eigenvalue weighted by molar-refractivity contribution is 0.264. The topological polar surface area (TPSA) is 54.2 Å². The lowest BCUT2D eigenvalue weighted by atomic mass is 10.0. The number of rotatable bonds is 2. The van der Waals surface area contributed by atoms with Crippen molar-refractivity contribution in [3.63, 3.8) is 0 Å². The molecule has 2 heterocycles. The first kappa shape index (κ1) is 12.2. The minimum atomic E-state index is 0.552. The van der Waals surface area contributed by atoms with E-state index in [-0.39, 0.29) is 0 Å². The largest absolute Gasteiger partial charge is 0.398 e. The minimum Gasteiger partial charge on any atom is -0.398 e. The molecule has 2 aromatic rings. The number of nitrogens with zero attached hydrogens (tertiary/aromatic N) is 2. The number of aromatic nitrogens is 1. The van der Waals surface area contributed by atoms with Gasteiger partial charge in [0.1, 0.15) is 0 Å². The lowest BCUT2D eigenvalue weighted by Gasteiger charge is -2.30. The van der Waals surface area contributed by atoms with Gasteiger partial charge in [0, 0.05) is 40.6 Å². The number of pyridine rings is 1. The second-order valence-corrected chi connectivity index (χ2v) is 5.35. The SMILES string of the molecule is CN1CCC(Nc2ccc(N)c3cnccc23)CC1. The Morgan fingerprint density at radius 2 is 2.00 bits per heavy atom. The van der Waals surface area contributed by atoms with E-state index in [1.165, 1.54) is 18.5 Å². The number of nitrogen functional groups attached to an aromatic ring is 1. The van der Waals surface area contributed by atoms with Crippen molar-refractivity contribution in [1.82, 2.24) is 9.88 Å². The van der Waals surface area contributed by atoms with E-state index in [4.69, 9.17) is 5.73 Å². The lowest BCUT2D eigenvalue weighted by Crippen LogP contribution is -2.36. The highest BCUT2D eigenvalue weighted by molar-refractivity contribution is 6.00. The van der Waals surface area contributed by atoms with Gasteiger partial charge in [0.05, 0.1) is 0 Å². The molecule has 4 heteroatoms. The molecule has 1 saturated heterocycles. The van der Waals surface area contributed by atoms with Crippen LogP contribution in [-0.4, -0.2) is 36.1 Å². The zero-order valence-electron chi connectivity index (χ0n) is 11.3. The third-order valence-corrected chi connectivity index (χ3v) is 3.93. The molecule has 0 amide bonds. The Kier molecular flexibility index (Phi) is 3.25. The van der Waals surface area contributed by atoms with Gasteiger partial charge in [0.2, 0.25) is 0 Å². The zero-order chi connectivity index (χ0) is 13.2. The molecular weight excluding hydrogens is 236 g/mol. The maximum atomic E-state index is 6.00. The van der Waals surface area contributed by atoms with E-state index >= 15 is 0 Å². The highest BCUT2D eigenvalue weighted by atomic mass is 15.1. The molecule has 0 radical (unpaired) electrons. The number of fused-ring (bicyclic) bond motifs is 1. The first-order valence-electron chi connectivity index (χ1n) is 6.81. The first-order chi connectivity index (χ1) is 9.24. The molecule has 0 atom stereocenters. The molecule has 0 spiro atoms. The predicted octanol–water partition coefficient (Wildman–Crippen LogP) is 2.32. The molecule has 0 aliphatic carbocycles. The van der Waals surface area contributed by atoms with Gasteiger partial charge in [-0.1, -0.05) is 0 Å². The smallest absolute Gasteiger partial charge is 0.0424 e. The minimum absolute atomic E-state index is 0.552. The summed E-state index contributed by atoms with van der Waals surface area (Å²) in [4.78, 5) is 6.54. The van der Waals surface area contributed by atoms with Crippen LogP contribution in [0, 0.1) is 0 Å². The number of likely N-dealkylation sites (tertiary alicyclic amines) is 1. The number of piperidine rings is 1. The van der Waals surface area contributed by atoms with Crippen molar-refractivity contribution >= 4 is 22.1 Å². The van der Waals surface area contributed by atoms with Crippen molar-refractivity contribution in [3.8, 4) is 0 Å².